The Hall–Kier alpha value is -2.72. The van der Waals surface area contributed by atoms with Gasteiger partial charge in [0.05, 0.1) is 18.9 Å². The van der Waals surface area contributed by atoms with E-state index in [0.29, 0.717) is 5.75 Å². The van der Waals surface area contributed by atoms with Crippen LogP contribution >= 0.6 is 11.8 Å². The van der Waals surface area contributed by atoms with Gasteiger partial charge in [-0.15, -0.1) is 11.8 Å². The summed E-state index contributed by atoms with van der Waals surface area (Å²) < 4.78 is 5.24. The van der Waals surface area contributed by atoms with Crippen molar-refractivity contribution in [2.75, 3.05) is 12.9 Å². The van der Waals surface area contributed by atoms with Crippen molar-refractivity contribution in [1.29, 1.82) is 0 Å². The van der Waals surface area contributed by atoms with Gasteiger partial charge in [0, 0.05) is 5.75 Å². The van der Waals surface area contributed by atoms with E-state index in [1.54, 1.807) is 18.9 Å². The van der Waals surface area contributed by atoms with Crippen LogP contribution in [-0.4, -0.2) is 18.8 Å². The smallest absolute Gasteiger partial charge is 0.230 e. The van der Waals surface area contributed by atoms with Gasteiger partial charge in [0.15, 0.2) is 0 Å². The lowest BCUT2D eigenvalue weighted by atomic mass is 9.98. The van der Waals surface area contributed by atoms with Gasteiger partial charge in [0.2, 0.25) is 5.91 Å². The molecule has 4 heteroatoms. The van der Waals surface area contributed by atoms with E-state index >= 15 is 0 Å². The molecule has 0 saturated carbocycles. The number of rotatable bonds is 8. The van der Waals surface area contributed by atoms with Gasteiger partial charge >= 0.3 is 0 Å². The average molecular weight is 378 g/mol. The highest BCUT2D eigenvalue weighted by molar-refractivity contribution is 7.99. The second-order valence-corrected chi connectivity index (χ2v) is 7.15. The lowest BCUT2D eigenvalue weighted by molar-refractivity contribution is -0.119. The maximum Gasteiger partial charge on any atom is 0.230 e. The van der Waals surface area contributed by atoms with E-state index in [9.17, 15) is 4.79 Å². The quantitative estimate of drug-likeness (QED) is 0.611. The molecular weight excluding hydrogens is 354 g/mol. The zero-order valence-corrected chi connectivity index (χ0v) is 16.1. The van der Waals surface area contributed by atoms with Gasteiger partial charge < -0.3 is 10.1 Å². The molecule has 0 aliphatic carbocycles. The monoisotopic (exact) mass is 377 g/mol. The van der Waals surface area contributed by atoms with Crippen molar-refractivity contribution >= 4 is 17.7 Å². The summed E-state index contributed by atoms with van der Waals surface area (Å²) in [5.41, 5.74) is 3.32. The Morgan fingerprint density at radius 3 is 2.11 bits per heavy atom. The maximum absolute atomic E-state index is 12.6. The van der Waals surface area contributed by atoms with Gasteiger partial charge in [-0.05, 0) is 28.8 Å². The van der Waals surface area contributed by atoms with Gasteiger partial charge in [-0.1, -0.05) is 72.8 Å². The molecule has 0 aliphatic rings. The summed E-state index contributed by atoms with van der Waals surface area (Å²) in [4.78, 5) is 12.6. The Bertz CT molecular complexity index is 835. The van der Waals surface area contributed by atoms with Crippen molar-refractivity contribution in [3.63, 3.8) is 0 Å². The SMILES string of the molecule is COc1ccc([C@H](NC(=O)CSCc2ccccc2)c2ccccc2)cc1. The molecule has 3 rings (SSSR count). The molecule has 0 radical (unpaired) electrons. The van der Waals surface area contributed by atoms with Crippen LogP contribution in [0.4, 0.5) is 0 Å². The van der Waals surface area contributed by atoms with Gasteiger partial charge in [-0.3, -0.25) is 4.79 Å². The first-order chi connectivity index (χ1) is 13.3. The molecule has 0 spiro atoms. The fourth-order valence-electron chi connectivity index (χ4n) is 2.84. The molecule has 27 heavy (non-hydrogen) atoms. The van der Waals surface area contributed by atoms with Crippen LogP contribution in [0.1, 0.15) is 22.7 Å². The van der Waals surface area contributed by atoms with E-state index in [-0.39, 0.29) is 11.9 Å². The van der Waals surface area contributed by atoms with Crippen molar-refractivity contribution in [3.8, 4) is 5.75 Å². The minimum atomic E-state index is -0.179. The molecule has 0 aromatic heterocycles. The van der Waals surface area contributed by atoms with Crippen LogP contribution in [0.3, 0.4) is 0 Å². The number of ether oxygens (including phenoxy) is 1. The summed E-state index contributed by atoms with van der Waals surface area (Å²) in [6.07, 6.45) is 0. The molecule has 0 fully saturated rings. The number of benzene rings is 3. The Kier molecular flexibility index (Phi) is 6.94. The van der Waals surface area contributed by atoms with E-state index < -0.39 is 0 Å². The molecule has 138 valence electrons. The van der Waals surface area contributed by atoms with E-state index in [0.717, 1.165) is 22.6 Å². The molecule has 3 aromatic rings. The van der Waals surface area contributed by atoms with Crippen LogP contribution in [0.15, 0.2) is 84.9 Å². The summed E-state index contributed by atoms with van der Waals surface area (Å²) in [7, 11) is 1.65. The third kappa shape index (κ3) is 5.63. The van der Waals surface area contributed by atoms with Crippen LogP contribution in [-0.2, 0) is 10.5 Å². The van der Waals surface area contributed by atoms with Crippen LogP contribution in [0, 0.1) is 0 Å². The topological polar surface area (TPSA) is 38.3 Å². The summed E-state index contributed by atoms with van der Waals surface area (Å²) >= 11 is 1.62. The first-order valence-electron chi connectivity index (χ1n) is 8.86. The third-order valence-corrected chi connectivity index (χ3v) is 5.24. The molecule has 0 bridgehead atoms. The number of amides is 1. The minimum Gasteiger partial charge on any atom is -0.497 e. The normalized spacial score (nSPS) is 11.6. The van der Waals surface area contributed by atoms with Crippen molar-refractivity contribution in [2.45, 2.75) is 11.8 Å². The van der Waals surface area contributed by atoms with Gasteiger partial charge in [0.1, 0.15) is 5.75 Å². The molecule has 3 aromatic carbocycles. The molecule has 1 amide bonds. The number of carbonyl (C=O) groups is 1. The largest absolute Gasteiger partial charge is 0.497 e. The second-order valence-electron chi connectivity index (χ2n) is 6.16. The highest BCUT2D eigenvalue weighted by Gasteiger charge is 2.16. The number of carbonyl (C=O) groups excluding carboxylic acids is 1. The predicted molar refractivity (Wildman–Crippen MR) is 112 cm³/mol. The molecule has 0 saturated heterocycles. The van der Waals surface area contributed by atoms with Crippen LogP contribution in [0.25, 0.3) is 0 Å². The van der Waals surface area contributed by atoms with Gasteiger partial charge in [0.25, 0.3) is 0 Å². The van der Waals surface area contributed by atoms with E-state index in [2.05, 4.69) is 17.4 Å². The fraction of sp³-hybridized carbons (Fsp3) is 0.174. The number of nitrogens with one attached hydrogen (secondary N) is 1. The van der Waals surface area contributed by atoms with Crippen molar-refractivity contribution in [2.24, 2.45) is 0 Å². The molecule has 0 heterocycles. The molecule has 0 aliphatic heterocycles. The third-order valence-electron chi connectivity index (χ3n) is 4.23. The number of hydrogen-bond donors (Lipinski definition) is 1. The van der Waals surface area contributed by atoms with E-state index in [4.69, 9.17) is 4.74 Å². The number of methoxy groups -OCH3 is 1. The molecular formula is C23H23NO2S. The minimum absolute atomic E-state index is 0.0283. The molecule has 0 unspecified atom stereocenters. The Morgan fingerprint density at radius 2 is 1.48 bits per heavy atom. The first kappa shape index (κ1) is 19.1. The predicted octanol–water partition coefficient (Wildman–Crippen LogP) is 4.83. The number of hydrogen-bond acceptors (Lipinski definition) is 3. The lowest BCUT2D eigenvalue weighted by Gasteiger charge is -2.20. The zero-order chi connectivity index (χ0) is 18.9. The molecule has 1 atom stereocenters. The summed E-state index contributed by atoms with van der Waals surface area (Å²) in [5, 5.41) is 3.17. The van der Waals surface area contributed by atoms with Crippen LogP contribution in [0.2, 0.25) is 0 Å². The standard InChI is InChI=1S/C23H23NO2S/c1-26-21-14-12-20(13-15-21)23(19-10-6-3-7-11-19)24-22(25)17-27-16-18-8-4-2-5-9-18/h2-15,23H,16-17H2,1H3,(H,24,25)/t23-/m1/s1. The average Bonchev–Trinajstić information content (AvgIpc) is 2.73. The highest BCUT2D eigenvalue weighted by atomic mass is 32.2. The Balaban J connectivity index is 1.66. The number of thioether (sulfide) groups is 1. The van der Waals surface area contributed by atoms with Crippen molar-refractivity contribution in [3.05, 3.63) is 102 Å². The van der Waals surface area contributed by atoms with Crippen molar-refractivity contribution in [1.82, 2.24) is 5.32 Å². The van der Waals surface area contributed by atoms with E-state index in [1.807, 2.05) is 72.8 Å². The van der Waals surface area contributed by atoms with Crippen LogP contribution < -0.4 is 10.1 Å². The second kappa shape index (κ2) is 9.83. The fourth-order valence-corrected chi connectivity index (χ4v) is 3.64. The summed E-state index contributed by atoms with van der Waals surface area (Å²) in [5.74, 6) is 2.08. The van der Waals surface area contributed by atoms with E-state index in [1.165, 1.54) is 5.56 Å². The highest BCUT2D eigenvalue weighted by Crippen LogP contribution is 2.24. The molecule has 3 nitrogen and oxygen atoms in total. The van der Waals surface area contributed by atoms with Gasteiger partial charge in [-0.2, -0.15) is 0 Å². The maximum atomic E-state index is 12.6. The molecule has 1 N–H and O–H groups in total. The van der Waals surface area contributed by atoms with Crippen molar-refractivity contribution < 1.29 is 9.53 Å². The summed E-state index contributed by atoms with van der Waals surface area (Å²) in [6.45, 7) is 0. The lowest BCUT2D eigenvalue weighted by Crippen LogP contribution is -2.30. The Morgan fingerprint density at radius 1 is 0.889 bits per heavy atom. The van der Waals surface area contributed by atoms with Gasteiger partial charge in [-0.25, -0.2) is 0 Å². The Labute approximate surface area is 164 Å². The first-order valence-corrected chi connectivity index (χ1v) is 10.0. The zero-order valence-electron chi connectivity index (χ0n) is 15.3. The van der Waals surface area contributed by atoms with Crippen LogP contribution in [0.5, 0.6) is 5.75 Å². The summed E-state index contributed by atoms with van der Waals surface area (Å²) in [6, 6.07) is 27.9.